The van der Waals surface area contributed by atoms with Crippen LogP contribution in [0.2, 0.25) is 0 Å². The number of hydrogen-bond donors (Lipinski definition) is 1. The molecule has 0 unspecified atom stereocenters. The lowest BCUT2D eigenvalue weighted by atomic mass is 10.0. The highest BCUT2D eigenvalue weighted by atomic mass is 15.1. The minimum atomic E-state index is 0.576. The average molecular weight is 268 g/mol. The number of benzene rings is 2. The van der Waals surface area contributed by atoms with Crippen LogP contribution < -0.4 is 10.6 Å². The predicted molar refractivity (Wildman–Crippen MR) is 87.0 cm³/mol. The van der Waals surface area contributed by atoms with Crippen molar-refractivity contribution in [2.45, 2.75) is 32.9 Å². The van der Waals surface area contributed by atoms with E-state index >= 15 is 0 Å². The summed E-state index contributed by atoms with van der Waals surface area (Å²) in [6, 6.07) is 17.2. The van der Waals surface area contributed by atoms with Crippen LogP contribution in [0.1, 0.15) is 36.5 Å². The van der Waals surface area contributed by atoms with E-state index in [9.17, 15) is 0 Å². The normalized spacial score (nSPS) is 10.8. The monoisotopic (exact) mass is 268 g/mol. The van der Waals surface area contributed by atoms with Crippen LogP contribution in [0.3, 0.4) is 0 Å². The Hall–Kier alpha value is -1.80. The highest BCUT2D eigenvalue weighted by Crippen LogP contribution is 2.21. The summed E-state index contributed by atoms with van der Waals surface area (Å²) in [4.78, 5) is 2.26. The Morgan fingerprint density at radius 1 is 1.00 bits per heavy atom. The lowest BCUT2D eigenvalue weighted by Gasteiger charge is -2.22. The Morgan fingerprint density at radius 3 is 2.25 bits per heavy atom. The largest absolute Gasteiger partial charge is 0.370 e. The molecule has 0 aromatic heterocycles. The van der Waals surface area contributed by atoms with Crippen molar-refractivity contribution in [1.29, 1.82) is 0 Å². The van der Waals surface area contributed by atoms with Crippen LogP contribution in [0.4, 0.5) is 5.69 Å². The summed E-state index contributed by atoms with van der Waals surface area (Å²) in [6.07, 6.45) is 0. The number of anilines is 1. The summed E-state index contributed by atoms with van der Waals surface area (Å²) in [5.74, 6) is 0.583. The van der Waals surface area contributed by atoms with E-state index in [1.165, 1.54) is 22.4 Å². The summed E-state index contributed by atoms with van der Waals surface area (Å²) in [5, 5.41) is 0. The molecule has 2 nitrogen and oxygen atoms in total. The molecule has 0 bridgehead atoms. The molecule has 106 valence electrons. The van der Waals surface area contributed by atoms with Crippen molar-refractivity contribution in [2.24, 2.45) is 5.73 Å². The maximum atomic E-state index is 5.81. The molecule has 0 heterocycles. The third kappa shape index (κ3) is 3.40. The molecule has 0 atom stereocenters. The summed E-state index contributed by atoms with van der Waals surface area (Å²) < 4.78 is 0. The SMILES string of the molecule is CC(C)c1ccc(CN(C)c2ccccc2CN)cc1. The minimum absolute atomic E-state index is 0.576. The third-order valence-electron chi connectivity index (χ3n) is 3.69. The van der Waals surface area contributed by atoms with Gasteiger partial charge in [0.05, 0.1) is 0 Å². The second-order valence-electron chi connectivity index (χ2n) is 5.59. The molecule has 0 aliphatic rings. The van der Waals surface area contributed by atoms with E-state index in [1.807, 2.05) is 6.07 Å². The van der Waals surface area contributed by atoms with Crippen molar-refractivity contribution in [2.75, 3.05) is 11.9 Å². The molecule has 0 saturated carbocycles. The lowest BCUT2D eigenvalue weighted by molar-refractivity contribution is 0.860. The molecule has 2 aromatic carbocycles. The Bertz CT molecular complexity index is 544. The van der Waals surface area contributed by atoms with Crippen molar-refractivity contribution < 1.29 is 0 Å². The molecule has 0 amide bonds. The number of hydrogen-bond acceptors (Lipinski definition) is 2. The second-order valence-corrected chi connectivity index (χ2v) is 5.59. The van der Waals surface area contributed by atoms with Crippen molar-refractivity contribution >= 4 is 5.69 Å². The molecule has 2 heteroatoms. The van der Waals surface area contributed by atoms with Gasteiger partial charge < -0.3 is 10.6 Å². The molecule has 2 N–H and O–H groups in total. The lowest BCUT2D eigenvalue weighted by Crippen LogP contribution is -2.18. The zero-order valence-electron chi connectivity index (χ0n) is 12.6. The van der Waals surface area contributed by atoms with E-state index in [-0.39, 0.29) is 0 Å². The second kappa shape index (κ2) is 6.58. The van der Waals surface area contributed by atoms with Gasteiger partial charge in [-0.3, -0.25) is 0 Å². The van der Waals surface area contributed by atoms with Crippen LogP contribution in [0, 0.1) is 0 Å². The fourth-order valence-corrected chi connectivity index (χ4v) is 2.42. The van der Waals surface area contributed by atoms with Gasteiger partial charge in [-0.15, -0.1) is 0 Å². The standard InChI is InChI=1S/C18H24N2/c1-14(2)16-10-8-15(9-11-16)13-20(3)18-7-5-4-6-17(18)12-19/h4-11,14H,12-13,19H2,1-3H3. The third-order valence-corrected chi connectivity index (χ3v) is 3.69. The van der Waals surface area contributed by atoms with Gasteiger partial charge in [0.2, 0.25) is 0 Å². The Labute approximate surface area is 122 Å². The Morgan fingerprint density at radius 2 is 1.65 bits per heavy atom. The smallest absolute Gasteiger partial charge is 0.0426 e. The zero-order chi connectivity index (χ0) is 14.5. The van der Waals surface area contributed by atoms with Crippen molar-refractivity contribution in [3.05, 3.63) is 65.2 Å². The summed E-state index contributed by atoms with van der Waals surface area (Å²) in [7, 11) is 2.12. The first-order valence-electron chi connectivity index (χ1n) is 7.19. The number of rotatable bonds is 5. The predicted octanol–water partition coefficient (Wildman–Crippen LogP) is 3.91. The first kappa shape index (κ1) is 14.6. The van der Waals surface area contributed by atoms with Crippen LogP contribution >= 0.6 is 0 Å². The van der Waals surface area contributed by atoms with Crippen LogP contribution in [0.5, 0.6) is 0 Å². The van der Waals surface area contributed by atoms with Crippen LogP contribution in [0.25, 0.3) is 0 Å². The fraction of sp³-hybridized carbons (Fsp3) is 0.333. The summed E-state index contributed by atoms with van der Waals surface area (Å²) in [6.45, 7) is 5.92. The molecule has 0 aliphatic carbocycles. The molecular formula is C18H24N2. The minimum Gasteiger partial charge on any atom is -0.370 e. The van der Waals surface area contributed by atoms with Gasteiger partial charge in [0.25, 0.3) is 0 Å². The Balaban J connectivity index is 2.13. The number of nitrogens with zero attached hydrogens (tertiary/aromatic N) is 1. The fourth-order valence-electron chi connectivity index (χ4n) is 2.42. The molecule has 0 saturated heterocycles. The number of para-hydroxylation sites is 1. The van der Waals surface area contributed by atoms with Gasteiger partial charge in [0.15, 0.2) is 0 Å². The number of nitrogens with two attached hydrogens (primary N) is 1. The van der Waals surface area contributed by atoms with Gasteiger partial charge in [0, 0.05) is 25.8 Å². The molecule has 0 radical (unpaired) electrons. The first-order chi connectivity index (χ1) is 9.61. The quantitative estimate of drug-likeness (QED) is 0.891. The molecule has 0 fully saturated rings. The molecule has 2 aromatic rings. The molecule has 2 rings (SSSR count). The maximum Gasteiger partial charge on any atom is 0.0426 e. The van der Waals surface area contributed by atoms with Gasteiger partial charge in [-0.05, 0) is 28.7 Å². The molecular weight excluding hydrogens is 244 g/mol. The van der Waals surface area contributed by atoms with E-state index in [4.69, 9.17) is 5.73 Å². The van der Waals surface area contributed by atoms with E-state index < -0.39 is 0 Å². The van der Waals surface area contributed by atoms with E-state index in [0.717, 1.165) is 6.54 Å². The van der Waals surface area contributed by atoms with Gasteiger partial charge >= 0.3 is 0 Å². The summed E-state index contributed by atoms with van der Waals surface area (Å²) >= 11 is 0. The summed E-state index contributed by atoms with van der Waals surface area (Å²) in [5.41, 5.74) is 10.9. The Kier molecular flexibility index (Phi) is 4.80. The van der Waals surface area contributed by atoms with Gasteiger partial charge in [0.1, 0.15) is 0 Å². The molecule has 20 heavy (non-hydrogen) atoms. The van der Waals surface area contributed by atoms with Crippen LogP contribution in [-0.4, -0.2) is 7.05 Å². The van der Waals surface area contributed by atoms with Gasteiger partial charge in [-0.25, -0.2) is 0 Å². The maximum absolute atomic E-state index is 5.81. The van der Waals surface area contributed by atoms with Crippen LogP contribution in [-0.2, 0) is 13.1 Å². The van der Waals surface area contributed by atoms with Crippen molar-refractivity contribution in [3.63, 3.8) is 0 Å². The average Bonchev–Trinajstić information content (AvgIpc) is 2.47. The van der Waals surface area contributed by atoms with E-state index in [1.54, 1.807) is 0 Å². The zero-order valence-corrected chi connectivity index (χ0v) is 12.6. The topological polar surface area (TPSA) is 29.3 Å². The van der Waals surface area contributed by atoms with Gasteiger partial charge in [-0.2, -0.15) is 0 Å². The van der Waals surface area contributed by atoms with Gasteiger partial charge in [-0.1, -0.05) is 56.3 Å². The van der Waals surface area contributed by atoms with E-state index in [0.29, 0.717) is 12.5 Å². The molecule has 0 aliphatic heterocycles. The van der Waals surface area contributed by atoms with Crippen molar-refractivity contribution in [1.82, 2.24) is 0 Å². The highest BCUT2D eigenvalue weighted by Gasteiger charge is 2.07. The molecule has 0 spiro atoms. The first-order valence-corrected chi connectivity index (χ1v) is 7.19. The van der Waals surface area contributed by atoms with E-state index in [2.05, 4.69) is 68.3 Å². The van der Waals surface area contributed by atoms with Crippen LogP contribution in [0.15, 0.2) is 48.5 Å². The van der Waals surface area contributed by atoms with Crippen molar-refractivity contribution in [3.8, 4) is 0 Å². The highest BCUT2D eigenvalue weighted by molar-refractivity contribution is 5.53.